The fourth-order valence-electron chi connectivity index (χ4n) is 2.36. The number of anilines is 1. The predicted molar refractivity (Wildman–Crippen MR) is 103 cm³/mol. The van der Waals surface area contributed by atoms with E-state index in [0.29, 0.717) is 28.4 Å². The van der Waals surface area contributed by atoms with E-state index in [1.54, 1.807) is 45.0 Å². The molecule has 6 nitrogen and oxygen atoms in total. The van der Waals surface area contributed by atoms with Crippen molar-refractivity contribution in [1.82, 2.24) is 10.9 Å². The molecule has 2 aromatic rings. The van der Waals surface area contributed by atoms with E-state index in [1.165, 1.54) is 0 Å². The molecule has 5 N–H and O–H groups in total. The molecule has 0 saturated heterocycles. The van der Waals surface area contributed by atoms with Crippen LogP contribution in [0.3, 0.4) is 0 Å². The van der Waals surface area contributed by atoms with Crippen LogP contribution in [0.4, 0.5) is 10.5 Å². The molecular formula is C19H24ClN3O3. The Labute approximate surface area is 158 Å². The van der Waals surface area contributed by atoms with E-state index in [-0.39, 0.29) is 0 Å². The number of benzene rings is 2. The van der Waals surface area contributed by atoms with E-state index < -0.39 is 17.8 Å². The summed E-state index contributed by atoms with van der Waals surface area (Å²) in [5.74, 6) is 0. The van der Waals surface area contributed by atoms with Gasteiger partial charge in [0.25, 0.3) is 0 Å². The Hall–Kier alpha value is -2.28. The lowest BCUT2D eigenvalue weighted by atomic mass is 9.98. The monoisotopic (exact) mass is 377 g/mol. The van der Waals surface area contributed by atoms with Gasteiger partial charge >= 0.3 is 6.09 Å². The van der Waals surface area contributed by atoms with Gasteiger partial charge in [0.1, 0.15) is 11.7 Å². The molecule has 26 heavy (non-hydrogen) atoms. The minimum Gasteiger partial charge on any atom is -0.443 e. The van der Waals surface area contributed by atoms with Crippen molar-refractivity contribution >= 4 is 23.4 Å². The van der Waals surface area contributed by atoms with Crippen LogP contribution in [-0.4, -0.2) is 16.8 Å². The zero-order valence-corrected chi connectivity index (χ0v) is 15.8. The number of ether oxygens (including phenoxy) is 1. The van der Waals surface area contributed by atoms with Crippen LogP contribution in [0, 0.1) is 0 Å². The van der Waals surface area contributed by atoms with Gasteiger partial charge in [-0.1, -0.05) is 35.9 Å². The Morgan fingerprint density at radius 2 is 2.00 bits per heavy atom. The van der Waals surface area contributed by atoms with E-state index in [4.69, 9.17) is 22.1 Å². The van der Waals surface area contributed by atoms with Crippen molar-refractivity contribution in [2.24, 2.45) is 0 Å². The second-order valence-electron chi connectivity index (χ2n) is 6.90. The zero-order chi connectivity index (χ0) is 19.3. The highest BCUT2D eigenvalue weighted by atomic mass is 35.5. The highest BCUT2D eigenvalue weighted by Gasteiger charge is 2.16. The van der Waals surface area contributed by atoms with Crippen molar-refractivity contribution < 1.29 is 14.6 Å². The van der Waals surface area contributed by atoms with Crippen molar-refractivity contribution in [2.45, 2.75) is 39.0 Å². The molecule has 7 heteroatoms. The molecule has 0 aromatic heterocycles. The van der Waals surface area contributed by atoms with Crippen molar-refractivity contribution in [3.63, 3.8) is 0 Å². The maximum absolute atomic E-state index is 11.6. The van der Waals surface area contributed by atoms with Crippen LogP contribution in [0.2, 0.25) is 5.02 Å². The number of aliphatic hydroxyl groups excluding tert-OH is 1. The van der Waals surface area contributed by atoms with Gasteiger partial charge in [-0.05, 0) is 50.1 Å². The summed E-state index contributed by atoms with van der Waals surface area (Å²) in [6, 6.07) is 12.3. The molecule has 140 valence electrons. The number of amides is 1. The third-order valence-corrected chi connectivity index (χ3v) is 3.73. The molecule has 0 heterocycles. The van der Waals surface area contributed by atoms with Crippen LogP contribution < -0.4 is 16.6 Å². The Bertz CT molecular complexity index is 775. The van der Waals surface area contributed by atoms with Crippen LogP contribution in [0.15, 0.2) is 42.5 Å². The van der Waals surface area contributed by atoms with Crippen molar-refractivity contribution in [3.8, 4) is 0 Å². The summed E-state index contributed by atoms with van der Waals surface area (Å²) >= 11 is 5.99. The number of nitrogens with one attached hydrogen (secondary N) is 2. The molecule has 0 fully saturated rings. The lowest BCUT2D eigenvalue weighted by molar-refractivity contribution is 0.0497. The van der Waals surface area contributed by atoms with E-state index in [0.717, 1.165) is 5.56 Å². The summed E-state index contributed by atoms with van der Waals surface area (Å²) in [7, 11) is 0. The molecular weight excluding hydrogens is 354 g/mol. The van der Waals surface area contributed by atoms with Gasteiger partial charge < -0.3 is 15.6 Å². The lowest BCUT2D eigenvalue weighted by Gasteiger charge is -2.20. The summed E-state index contributed by atoms with van der Waals surface area (Å²) in [5.41, 5.74) is 13.2. The van der Waals surface area contributed by atoms with E-state index >= 15 is 0 Å². The summed E-state index contributed by atoms with van der Waals surface area (Å²) in [6.45, 7) is 5.74. The summed E-state index contributed by atoms with van der Waals surface area (Å²) in [5, 5.41) is 11.1. The predicted octanol–water partition coefficient (Wildman–Crippen LogP) is 3.53. The number of nitrogens with two attached hydrogens (primary N) is 1. The molecule has 0 aliphatic rings. The fraction of sp³-hybridized carbons (Fsp3) is 0.316. The maximum atomic E-state index is 11.6. The molecule has 0 bridgehead atoms. The largest absolute Gasteiger partial charge is 0.443 e. The van der Waals surface area contributed by atoms with Gasteiger partial charge in [0.05, 0.1) is 0 Å². The SMILES string of the molecule is CC(C)(C)OC(=O)NNCc1cccc(C(O)c2cc(Cl)ccc2N)c1. The van der Waals surface area contributed by atoms with Gasteiger partial charge in [0, 0.05) is 22.8 Å². The zero-order valence-electron chi connectivity index (χ0n) is 15.0. The number of halogens is 1. The molecule has 0 saturated carbocycles. The molecule has 1 amide bonds. The van der Waals surface area contributed by atoms with E-state index in [2.05, 4.69) is 10.9 Å². The van der Waals surface area contributed by atoms with Gasteiger partial charge in [0.2, 0.25) is 0 Å². The van der Waals surface area contributed by atoms with Crippen LogP contribution in [0.25, 0.3) is 0 Å². The third kappa shape index (κ3) is 5.91. The fourth-order valence-corrected chi connectivity index (χ4v) is 2.54. The number of rotatable bonds is 5. The van der Waals surface area contributed by atoms with Gasteiger partial charge in [-0.15, -0.1) is 0 Å². The smallest absolute Gasteiger partial charge is 0.422 e. The number of hydrazine groups is 1. The summed E-state index contributed by atoms with van der Waals surface area (Å²) in [4.78, 5) is 11.6. The molecule has 1 unspecified atom stereocenters. The van der Waals surface area contributed by atoms with Crippen LogP contribution in [0.5, 0.6) is 0 Å². The molecule has 2 rings (SSSR count). The first-order valence-corrected chi connectivity index (χ1v) is 8.57. The first-order chi connectivity index (χ1) is 12.2. The normalized spacial score (nSPS) is 12.5. The van der Waals surface area contributed by atoms with Gasteiger partial charge in [-0.3, -0.25) is 5.43 Å². The maximum Gasteiger partial charge on any atom is 0.422 e. The van der Waals surface area contributed by atoms with Crippen LogP contribution in [-0.2, 0) is 11.3 Å². The van der Waals surface area contributed by atoms with Crippen LogP contribution >= 0.6 is 11.6 Å². The first-order valence-electron chi connectivity index (χ1n) is 8.19. The average molecular weight is 378 g/mol. The molecule has 0 spiro atoms. The number of aliphatic hydroxyl groups is 1. The van der Waals surface area contributed by atoms with E-state index in [1.807, 2.05) is 18.2 Å². The second kappa shape index (κ2) is 8.40. The topological polar surface area (TPSA) is 96.6 Å². The molecule has 1 atom stereocenters. The highest BCUT2D eigenvalue weighted by molar-refractivity contribution is 6.30. The Morgan fingerprint density at radius 3 is 2.69 bits per heavy atom. The van der Waals surface area contributed by atoms with Crippen molar-refractivity contribution in [3.05, 3.63) is 64.2 Å². The summed E-state index contributed by atoms with van der Waals surface area (Å²) in [6.07, 6.45) is -1.45. The second-order valence-corrected chi connectivity index (χ2v) is 7.34. The number of carbonyl (C=O) groups is 1. The number of nitrogen functional groups attached to an aromatic ring is 1. The van der Waals surface area contributed by atoms with Gasteiger partial charge in [0.15, 0.2) is 0 Å². The van der Waals surface area contributed by atoms with Crippen molar-refractivity contribution in [2.75, 3.05) is 5.73 Å². The van der Waals surface area contributed by atoms with Gasteiger partial charge in [-0.25, -0.2) is 10.2 Å². The number of hydrogen-bond acceptors (Lipinski definition) is 5. The Morgan fingerprint density at radius 1 is 1.27 bits per heavy atom. The van der Waals surface area contributed by atoms with E-state index in [9.17, 15) is 9.90 Å². The lowest BCUT2D eigenvalue weighted by Crippen LogP contribution is -2.40. The minimum atomic E-state index is -0.896. The Balaban J connectivity index is 2.01. The van der Waals surface area contributed by atoms with Crippen molar-refractivity contribution in [1.29, 1.82) is 0 Å². The first kappa shape index (κ1) is 20.0. The standard InChI is InChI=1S/C19H24ClN3O3/c1-19(2,3)26-18(25)23-22-11-12-5-4-6-13(9-12)17(24)15-10-14(20)7-8-16(15)21/h4-10,17,22,24H,11,21H2,1-3H3,(H,23,25). The minimum absolute atomic E-state index is 0.366. The molecule has 0 radical (unpaired) electrons. The molecule has 2 aromatic carbocycles. The Kier molecular flexibility index (Phi) is 6.47. The molecule has 0 aliphatic heterocycles. The summed E-state index contributed by atoms with van der Waals surface area (Å²) < 4.78 is 5.14. The number of carbonyl (C=O) groups excluding carboxylic acids is 1. The molecule has 0 aliphatic carbocycles. The van der Waals surface area contributed by atoms with Gasteiger partial charge in [-0.2, -0.15) is 0 Å². The van der Waals surface area contributed by atoms with Crippen LogP contribution in [0.1, 0.15) is 43.6 Å². The quantitative estimate of drug-likeness (QED) is 0.472. The highest BCUT2D eigenvalue weighted by Crippen LogP contribution is 2.29. The number of hydrogen-bond donors (Lipinski definition) is 4. The average Bonchev–Trinajstić information content (AvgIpc) is 2.55. The third-order valence-electron chi connectivity index (χ3n) is 3.49.